The summed E-state index contributed by atoms with van der Waals surface area (Å²) in [5.74, 6) is -1.37. The van der Waals surface area contributed by atoms with Crippen LogP contribution in [0, 0.1) is 5.82 Å². The smallest absolute Gasteiger partial charge is 0.254 e. The number of phenolic OH excluding ortho intramolecular Hbond substituents is 2. The van der Waals surface area contributed by atoms with Crippen molar-refractivity contribution in [2.45, 2.75) is 50.4 Å². The van der Waals surface area contributed by atoms with Crippen LogP contribution in [0.25, 0.3) is 0 Å². The maximum Gasteiger partial charge on any atom is 0.254 e. The number of benzene rings is 3. The lowest BCUT2D eigenvalue weighted by atomic mass is 9.94. The maximum absolute atomic E-state index is 14.3. The molecule has 1 amide bonds. The molecule has 0 aromatic heterocycles. The maximum atomic E-state index is 14.3. The van der Waals surface area contributed by atoms with E-state index in [1.54, 1.807) is 6.07 Å². The predicted molar refractivity (Wildman–Crippen MR) is 127 cm³/mol. The zero-order valence-corrected chi connectivity index (χ0v) is 18.6. The third-order valence-corrected chi connectivity index (χ3v) is 6.85. The second kappa shape index (κ2) is 8.99. The highest BCUT2D eigenvalue weighted by atomic mass is 19.1. The molecule has 1 aliphatic heterocycles. The molecule has 1 heterocycles. The zero-order valence-electron chi connectivity index (χ0n) is 18.6. The fourth-order valence-corrected chi connectivity index (χ4v) is 5.24. The molecule has 1 aliphatic carbocycles. The summed E-state index contributed by atoms with van der Waals surface area (Å²) in [6.07, 6.45) is 3.72. The summed E-state index contributed by atoms with van der Waals surface area (Å²) >= 11 is 0. The van der Waals surface area contributed by atoms with Crippen molar-refractivity contribution >= 4 is 17.3 Å². The summed E-state index contributed by atoms with van der Waals surface area (Å²) < 4.78 is 14.3. The number of anilines is 2. The number of hydrogen-bond donors (Lipinski definition) is 3. The number of aliphatic hydroxyl groups excluding tert-OH is 1. The molecule has 1 fully saturated rings. The minimum absolute atomic E-state index is 0.0802. The topological polar surface area (TPSA) is 84.2 Å². The summed E-state index contributed by atoms with van der Waals surface area (Å²) in [6.45, 7) is 0. The lowest BCUT2D eigenvalue weighted by Gasteiger charge is -2.36. The van der Waals surface area contributed by atoms with Crippen molar-refractivity contribution in [3.05, 3.63) is 83.7 Å². The highest BCUT2D eigenvalue weighted by Gasteiger charge is 2.45. The molecule has 34 heavy (non-hydrogen) atoms. The molecule has 0 saturated heterocycles. The molecule has 2 aliphatic rings. The number of hydrogen-bond acceptors (Lipinski definition) is 5. The number of halogens is 1. The van der Waals surface area contributed by atoms with Crippen molar-refractivity contribution in [2.75, 3.05) is 9.80 Å². The molecule has 1 saturated carbocycles. The van der Waals surface area contributed by atoms with E-state index < -0.39 is 23.8 Å². The van der Waals surface area contributed by atoms with Crippen LogP contribution in [0.4, 0.5) is 15.8 Å². The molecule has 176 valence electrons. The van der Waals surface area contributed by atoms with Gasteiger partial charge in [0.25, 0.3) is 5.91 Å². The Hall–Kier alpha value is -3.58. The molecular weight excluding hydrogens is 435 g/mol. The normalized spacial score (nSPS) is 19.2. The van der Waals surface area contributed by atoms with Gasteiger partial charge in [0.1, 0.15) is 11.9 Å². The van der Waals surface area contributed by atoms with E-state index in [4.69, 9.17) is 0 Å². The second-order valence-corrected chi connectivity index (χ2v) is 8.97. The van der Waals surface area contributed by atoms with Crippen molar-refractivity contribution in [2.24, 2.45) is 0 Å². The molecule has 0 spiro atoms. The molecule has 0 radical (unpaired) electrons. The van der Waals surface area contributed by atoms with Crippen LogP contribution in [-0.2, 0) is 4.79 Å². The molecule has 2 unspecified atom stereocenters. The van der Waals surface area contributed by atoms with Crippen molar-refractivity contribution in [3.8, 4) is 11.5 Å². The third kappa shape index (κ3) is 3.86. The number of aromatic hydroxyl groups is 2. The van der Waals surface area contributed by atoms with E-state index in [9.17, 15) is 24.5 Å². The van der Waals surface area contributed by atoms with Crippen LogP contribution in [-0.4, -0.2) is 27.3 Å². The molecule has 6 nitrogen and oxygen atoms in total. The molecule has 7 heteroatoms. The van der Waals surface area contributed by atoms with Gasteiger partial charge in [0.2, 0.25) is 0 Å². The van der Waals surface area contributed by atoms with Gasteiger partial charge in [0.15, 0.2) is 17.7 Å². The first kappa shape index (κ1) is 22.2. The molecule has 0 bridgehead atoms. The summed E-state index contributed by atoms with van der Waals surface area (Å²) in [6, 6.07) is 16.5. The van der Waals surface area contributed by atoms with Crippen molar-refractivity contribution < 1.29 is 24.5 Å². The minimum Gasteiger partial charge on any atom is -0.504 e. The van der Waals surface area contributed by atoms with E-state index in [1.807, 2.05) is 29.2 Å². The number of aliphatic hydroxyl groups is 1. The van der Waals surface area contributed by atoms with E-state index in [1.165, 1.54) is 41.3 Å². The van der Waals surface area contributed by atoms with Gasteiger partial charge in [-0.05, 0) is 49.2 Å². The number of phenols is 2. The summed E-state index contributed by atoms with van der Waals surface area (Å²) in [4.78, 5) is 17.3. The zero-order chi connectivity index (χ0) is 23.8. The Morgan fingerprint density at radius 3 is 2.41 bits per heavy atom. The first-order valence-corrected chi connectivity index (χ1v) is 11.6. The first-order valence-electron chi connectivity index (χ1n) is 11.6. The van der Waals surface area contributed by atoms with Crippen LogP contribution >= 0.6 is 0 Å². The lowest BCUT2D eigenvalue weighted by Crippen LogP contribution is -2.44. The van der Waals surface area contributed by atoms with Crippen molar-refractivity contribution in [3.63, 3.8) is 0 Å². The van der Waals surface area contributed by atoms with Gasteiger partial charge in [-0.2, -0.15) is 0 Å². The van der Waals surface area contributed by atoms with Crippen LogP contribution in [0.2, 0.25) is 0 Å². The van der Waals surface area contributed by atoms with E-state index in [-0.39, 0.29) is 23.3 Å². The van der Waals surface area contributed by atoms with Gasteiger partial charge in [-0.25, -0.2) is 4.39 Å². The number of carbonyl (C=O) groups is 1. The average Bonchev–Trinajstić information content (AvgIpc) is 3.13. The lowest BCUT2D eigenvalue weighted by molar-refractivity contribution is -0.120. The van der Waals surface area contributed by atoms with Gasteiger partial charge in [-0.1, -0.05) is 49.6 Å². The largest absolute Gasteiger partial charge is 0.504 e. The Bertz CT molecular complexity index is 1210. The highest BCUT2D eigenvalue weighted by molar-refractivity contribution is 6.07. The molecule has 2 atom stereocenters. The van der Waals surface area contributed by atoms with E-state index >= 15 is 0 Å². The van der Waals surface area contributed by atoms with Gasteiger partial charge in [-0.15, -0.1) is 0 Å². The van der Waals surface area contributed by atoms with Crippen molar-refractivity contribution in [1.82, 2.24) is 0 Å². The number of carbonyl (C=O) groups excluding carboxylic acids is 1. The van der Waals surface area contributed by atoms with Gasteiger partial charge in [-0.3, -0.25) is 4.79 Å². The third-order valence-electron chi connectivity index (χ3n) is 6.85. The number of rotatable bonds is 5. The second-order valence-electron chi connectivity index (χ2n) is 8.97. The Balaban J connectivity index is 1.63. The summed E-state index contributed by atoms with van der Waals surface area (Å²) in [7, 11) is 0. The first-order chi connectivity index (χ1) is 16.5. The summed E-state index contributed by atoms with van der Waals surface area (Å²) in [5, 5.41) is 31.2. The van der Waals surface area contributed by atoms with E-state index in [0.29, 0.717) is 5.69 Å². The van der Waals surface area contributed by atoms with Gasteiger partial charge in [0.05, 0.1) is 0 Å². The Labute approximate surface area is 197 Å². The quantitative estimate of drug-likeness (QED) is 0.361. The Morgan fingerprint density at radius 2 is 1.68 bits per heavy atom. The molecule has 5 rings (SSSR count). The molecule has 3 N–H and O–H groups in total. The van der Waals surface area contributed by atoms with Crippen LogP contribution in [0.5, 0.6) is 11.5 Å². The minimum atomic E-state index is -1.39. The molecule has 3 aromatic rings. The molecule has 3 aromatic carbocycles. The molecular formula is C27H27FN2O4. The number of amides is 1. The number of nitrogens with zero attached hydrogens (tertiary/aromatic N) is 2. The Morgan fingerprint density at radius 1 is 0.912 bits per heavy atom. The highest BCUT2D eigenvalue weighted by Crippen LogP contribution is 2.47. The van der Waals surface area contributed by atoms with Gasteiger partial charge in [0, 0.05) is 28.5 Å². The standard InChI is InChI=1S/C27H27FN2O4/c28-18-7-6-10-20(16-18)30(26(33)17-13-14-23(31)24(32)15-17)25-21-11-4-5-12-22(21)29(27(25)34)19-8-2-1-3-9-19/h4-7,10-16,19,25-26,31-33H,1-3,8-9H2. The summed E-state index contributed by atoms with van der Waals surface area (Å²) in [5.41, 5.74) is 2.15. The van der Waals surface area contributed by atoms with Crippen LogP contribution in [0.15, 0.2) is 66.7 Å². The number of para-hydroxylation sites is 1. The van der Waals surface area contributed by atoms with Crippen LogP contribution in [0.3, 0.4) is 0 Å². The Kier molecular flexibility index (Phi) is 5.87. The fraction of sp³-hybridized carbons (Fsp3) is 0.296. The van der Waals surface area contributed by atoms with Gasteiger partial charge < -0.3 is 25.1 Å². The SMILES string of the molecule is O=C1C(N(c2cccc(F)c2)C(O)c2ccc(O)c(O)c2)c2ccccc2N1C1CCCCC1. The van der Waals surface area contributed by atoms with Crippen molar-refractivity contribution in [1.29, 1.82) is 0 Å². The van der Waals surface area contributed by atoms with Crippen LogP contribution < -0.4 is 9.80 Å². The van der Waals surface area contributed by atoms with Gasteiger partial charge >= 0.3 is 0 Å². The number of fused-ring (bicyclic) bond motifs is 1. The van der Waals surface area contributed by atoms with Crippen LogP contribution in [0.1, 0.15) is 55.5 Å². The fourth-order valence-electron chi connectivity index (χ4n) is 5.24. The average molecular weight is 463 g/mol. The van der Waals surface area contributed by atoms with E-state index in [0.717, 1.165) is 43.4 Å². The van der Waals surface area contributed by atoms with E-state index in [2.05, 4.69) is 0 Å². The predicted octanol–water partition coefficient (Wildman–Crippen LogP) is 5.16. The monoisotopic (exact) mass is 462 g/mol.